The molecule has 2 N–H and O–H groups in total. The molecule has 3 heterocycles. The van der Waals surface area contributed by atoms with E-state index in [1.807, 2.05) is 20.2 Å². The monoisotopic (exact) mass is 745 g/mol. The molecule has 1 saturated carbocycles. The number of fused-ring (bicyclic) bond motifs is 1. The zero-order valence-corrected chi connectivity index (χ0v) is 32.7. The Labute approximate surface area is 313 Å². The van der Waals surface area contributed by atoms with E-state index in [2.05, 4.69) is 25.7 Å². The van der Waals surface area contributed by atoms with Crippen LogP contribution in [0.15, 0.2) is 43.1 Å². The van der Waals surface area contributed by atoms with Gasteiger partial charge in [0.15, 0.2) is 5.82 Å². The molecule has 0 unspecified atom stereocenters. The number of ether oxygens (including phenoxy) is 3. The first-order valence-corrected chi connectivity index (χ1v) is 17.6. The number of rotatable bonds is 6. The van der Waals surface area contributed by atoms with Gasteiger partial charge in [0.25, 0.3) is 0 Å². The van der Waals surface area contributed by atoms with Crippen LogP contribution < -0.4 is 15.5 Å². The van der Waals surface area contributed by atoms with Gasteiger partial charge in [-0.2, -0.15) is 10.00 Å². The summed E-state index contributed by atoms with van der Waals surface area (Å²) in [7, 11) is 1.82. The Morgan fingerprint density at radius 2 is 1.44 bits per heavy atom. The molecule has 14 nitrogen and oxygen atoms in total. The van der Waals surface area contributed by atoms with E-state index >= 15 is 4.39 Å². The average Bonchev–Trinajstić information content (AvgIpc) is 3.50. The van der Waals surface area contributed by atoms with Crippen molar-refractivity contribution in [3.05, 3.63) is 60.1 Å². The normalized spacial score (nSPS) is 17.1. The van der Waals surface area contributed by atoms with Crippen LogP contribution in [0.1, 0.15) is 86.3 Å². The molecule has 1 aromatic carbocycles. The predicted octanol–water partition coefficient (Wildman–Crippen LogP) is 8.49. The molecule has 0 radical (unpaired) electrons. The number of halogens is 1. The van der Waals surface area contributed by atoms with Gasteiger partial charge in [0.1, 0.15) is 22.6 Å². The minimum atomic E-state index is -1.02. The quantitative estimate of drug-likeness (QED) is 0.183. The van der Waals surface area contributed by atoms with E-state index in [9.17, 15) is 19.2 Å². The summed E-state index contributed by atoms with van der Waals surface area (Å²) in [6.45, 7) is 18.5. The molecule has 15 heteroatoms. The van der Waals surface area contributed by atoms with Gasteiger partial charge >= 0.3 is 18.3 Å². The van der Waals surface area contributed by atoms with Crippen LogP contribution in [0.25, 0.3) is 21.9 Å². The Hall–Kier alpha value is -5.60. The Morgan fingerprint density at radius 1 is 0.833 bits per heavy atom. The smallest absolute Gasteiger partial charge is 0.424 e. The number of nitrogens with zero attached hydrogens (tertiary/aromatic N) is 5. The van der Waals surface area contributed by atoms with E-state index in [1.165, 1.54) is 24.7 Å². The van der Waals surface area contributed by atoms with Crippen LogP contribution in [0.2, 0.25) is 0 Å². The topological polar surface area (TPSA) is 167 Å². The molecule has 0 spiro atoms. The SMILES string of the molecule is Cc1c(-c2cc3cc(NC(=O)[C@H]4[C@H](C)[C@@H]4c4cnn(C)c4)ncc3c(NC(=O)OC(C)(C)C)c2F)cncc1N(C(=O)OC(C)(C)C)C(=O)OC(C)(C)C. The number of amides is 4. The number of hydrogen-bond donors (Lipinski definition) is 2. The lowest BCUT2D eigenvalue weighted by atomic mass is 9.97. The molecule has 3 aromatic heterocycles. The summed E-state index contributed by atoms with van der Waals surface area (Å²) in [5.74, 6) is -1.08. The standard InChI is InChI=1S/C39H48FN7O7/c1-20-25(16-41-18-27(20)47(35(50)53-38(6,7)8)36(51)54-39(9,10)11)24-13-22-14-28(44-33(48)30-21(2)29(30)23-15-43-46(12)19-23)42-17-26(22)32(31(24)40)45-34(49)52-37(3,4)5/h13-19,21,29-30H,1-12H3,(H,45,49)(H,42,44,48)/t21-,29-,30+/m1/s1. The van der Waals surface area contributed by atoms with Crippen LogP contribution >= 0.6 is 0 Å². The fraction of sp³-hybridized carbons (Fsp3) is 0.462. The van der Waals surface area contributed by atoms with Gasteiger partial charge in [-0.3, -0.25) is 19.8 Å². The molecular weight excluding hydrogens is 697 g/mol. The number of benzene rings is 1. The maximum absolute atomic E-state index is 16.8. The molecule has 4 amide bonds. The first-order valence-electron chi connectivity index (χ1n) is 17.6. The zero-order valence-electron chi connectivity index (χ0n) is 32.7. The number of anilines is 3. The van der Waals surface area contributed by atoms with E-state index < -0.39 is 40.9 Å². The van der Waals surface area contributed by atoms with Gasteiger partial charge in [0.2, 0.25) is 5.91 Å². The highest BCUT2D eigenvalue weighted by atomic mass is 19.1. The lowest BCUT2D eigenvalue weighted by Crippen LogP contribution is -2.44. The van der Waals surface area contributed by atoms with Crippen molar-refractivity contribution in [2.45, 2.75) is 98.9 Å². The van der Waals surface area contributed by atoms with Gasteiger partial charge in [-0.05, 0) is 104 Å². The lowest BCUT2D eigenvalue weighted by molar-refractivity contribution is -0.117. The number of pyridine rings is 2. The number of hydrogen-bond acceptors (Lipinski definition) is 10. The lowest BCUT2D eigenvalue weighted by Gasteiger charge is -2.29. The Morgan fingerprint density at radius 3 is 2.00 bits per heavy atom. The highest BCUT2D eigenvalue weighted by Gasteiger charge is 2.53. The van der Waals surface area contributed by atoms with Crippen LogP contribution in [-0.2, 0) is 26.1 Å². The highest BCUT2D eigenvalue weighted by molar-refractivity contribution is 6.11. The summed E-state index contributed by atoms with van der Waals surface area (Å²) in [5.41, 5.74) is -1.69. The third-order valence-corrected chi connectivity index (χ3v) is 8.50. The summed E-state index contributed by atoms with van der Waals surface area (Å²) in [6.07, 6.45) is 4.70. The molecule has 4 aromatic rings. The largest absolute Gasteiger partial charge is 0.444 e. The third kappa shape index (κ3) is 8.95. The van der Waals surface area contributed by atoms with Gasteiger partial charge in [-0.25, -0.2) is 23.8 Å². The van der Waals surface area contributed by atoms with Crippen LogP contribution in [0.4, 0.5) is 36.0 Å². The van der Waals surface area contributed by atoms with E-state index in [-0.39, 0.29) is 62.9 Å². The zero-order chi connectivity index (χ0) is 40.1. The first kappa shape index (κ1) is 39.6. The van der Waals surface area contributed by atoms with Crippen LogP contribution in [-0.4, -0.2) is 60.7 Å². The minimum absolute atomic E-state index is 0.00756. The maximum atomic E-state index is 16.8. The molecule has 54 heavy (non-hydrogen) atoms. The summed E-state index contributed by atoms with van der Waals surface area (Å²) >= 11 is 0. The van der Waals surface area contributed by atoms with Crippen molar-refractivity contribution < 1.29 is 37.8 Å². The maximum Gasteiger partial charge on any atom is 0.424 e. The fourth-order valence-electron chi connectivity index (χ4n) is 6.16. The van der Waals surface area contributed by atoms with Gasteiger partial charge in [0.05, 0.1) is 23.8 Å². The third-order valence-electron chi connectivity index (χ3n) is 8.50. The molecule has 288 valence electrons. The second-order valence-electron chi connectivity index (χ2n) is 16.5. The summed E-state index contributed by atoms with van der Waals surface area (Å²) < 4.78 is 35.1. The molecular formula is C39H48FN7O7. The van der Waals surface area contributed by atoms with Crippen LogP contribution in [0, 0.1) is 24.6 Å². The first-order chi connectivity index (χ1) is 24.9. The Balaban J connectivity index is 1.60. The minimum Gasteiger partial charge on any atom is -0.444 e. The van der Waals surface area contributed by atoms with Gasteiger partial charge in [-0.15, -0.1) is 0 Å². The number of nitrogens with one attached hydrogen (secondary N) is 2. The fourth-order valence-corrected chi connectivity index (χ4v) is 6.16. The predicted molar refractivity (Wildman–Crippen MR) is 202 cm³/mol. The number of imide groups is 1. The number of carbonyl (C=O) groups is 4. The Bertz CT molecular complexity index is 2100. The highest BCUT2D eigenvalue weighted by Crippen LogP contribution is 2.54. The molecule has 0 aliphatic heterocycles. The number of aryl methyl sites for hydroxylation is 1. The van der Waals surface area contributed by atoms with E-state index in [1.54, 1.807) is 86.2 Å². The van der Waals surface area contributed by atoms with Crippen molar-refractivity contribution in [1.82, 2.24) is 19.7 Å². The van der Waals surface area contributed by atoms with Crippen molar-refractivity contribution in [3.8, 4) is 11.1 Å². The molecule has 0 saturated heterocycles. The van der Waals surface area contributed by atoms with Crippen molar-refractivity contribution in [2.24, 2.45) is 18.9 Å². The number of aromatic nitrogens is 4. The van der Waals surface area contributed by atoms with E-state index in [0.29, 0.717) is 5.39 Å². The molecule has 5 rings (SSSR count). The van der Waals surface area contributed by atoms with Crippen molar-refractivity contribution >= 4 is 52.2 Å². The van der Waals surface area contributed by atoms with E-state index in [0.717, 1.165) is 10.5 Å². The average molecular weight is 746 g/mol. The number of carbonyl (C=O) groups excluding carboxylic acids is 4. The van der Waals surface area contributed by atoms with Gasteiger partial charge in [0, 0.05) is 54.0 Å². The van der Waals surface area contributed by atoms with Gasteiger partial charge in [-0.1, -0.05) is 6.92 Å². The van der Waals surface area contributed by atoms with Crippen molar-refractivity contribution in [2.75, 3.05) is 15.5 Å². The summed E-state index contributed by atoms with van der Waals surface area (Å²) in [4.78, 5) is 62.9. The second-order valence-corrected chi connectivity index (χ2v) is 16.5. The summed E-state index contributed by atoms with van der Waals surface area (Å²) in [5, 5.41) is 10.3. The van der Waals surface area contributed by atoms with Crippen LogP contribution in [0.3, 0.4) is 0 Å². The molecule has 1 fully saturated rings. The van der Waals surface area contributed by atoms with E-state index in [4.69, 9.17) is 14.2 Å². The molecule has 0 bridgehead atoms. The van der Waals surface area contributed by atoms with Gasteiger partial charge < -0.3 is 19.5 Å². The Kier molecular flexibility index (Phi) is 10.5. The molecule has 1 aliphatic rings. The summed E-state index contributed by atoms with van der Waals surface area (Å²) in [6, 6.07) is 3.09. The van der Waals surface area contributed by atoms with Crippen molar-refractivity contribution in [3.63, 3.8) is 0 Å². The second kappa shape index (κ2) is 14.3. The van der Waals surface area contributed by atoms with Crippen molar-refractivity contribution in [1.29, 1.82) is 0 Å². The van der Waals surface area contributed by atoms with Crippen LogP contribution in [0.5, 0.6) is 0 Å². The molecule has 1 aliphatic carbocycles. The molecule has 3 atom stereocenters.